The molecule has 0 spiro atoms. The van der Waals surface area contributed by atoms with E-state index in [9.17, 15) is 0 Å². The fourth-order valence-electron chi connectivity index (χ4n) is 3.27. The van der Waals surface area contributed by atoms with Crippen LogP contribution in [0.5, 0.6) is 0 Å². The topological polar surface area (TPSA) is 15.3 Å². The highest BCUT2D eigenvalue weighted by molar-refractivity contribution is 4.89. The lowest BCUT2D eigenvalue weighted by Gasteiger charge is -2.34. The summed E-state index contributed by atoms with van der Waals surface area (Å²) < 4.78 is 0. The molecule has 1 aliphatic rings. The van der Waals surface area contributed by atoms with E-state index in [4.69, 9.17) is 0 Å². The van der Waals surface area contributed by atoms with Gasteiger partial charge >= 0.3 is 0 Å². The maximum absolute atomic E-state index is 3.71. The number of hydrogen-bond acceptors (Lipinski definition) is 2. The van der Waals surface area contributed by atoms with Gasteiger partial charge in [-0.1, -0.05) is 40.5 Å². The third kappa shape index (κ3) is 6.76. The van der Waals surface area contributed by atoms with Gasteiger partial charge in [-0.15, -0.1) is 0 Å². The second-order valence-corrected chi connectivity index (χ2v) is 7.65. The summed E-state index contributed by atoms with van der Waals surface area (Å²) in [7, 11) is 2.31. The van der Waals surface area contributed by atoms with Gasteiger partial charge in [-0.2, -0.15) is 0 Å². The highest BCUT2D eigenvalue weighted by Crippen LogP contribution is 2.38. The lowest BCUT2D eigenvalue weighted by Crippen LogP contribution is -2.42. The third-order valence-corrected chi connectivity index (χ3v) is 4.41. The van der Waals surface area contributed by atoms with Crippen LogP contribution < -0.4 is 5.32 Å². The normalized spacial score (nSPS) is 18.9. The number of nitrogens with zero attached hydrogens (tertiary/aromatic N) is 1. The molecule has 114 valence electrons. The van der Waals surface area contributed by atoms with Crippen molar-refractivity contribution in [3.8, 4) is 0 Å². The smallest absolute Gasteiger partial charge is 0.00471 e. The van der Waals surface area contributed by atoms with Crippen molar-refractivity contribution in [2.45, 2.75) is 59.8 Å². The van der Waals surface area contributed by atoms with E-state index in [1.54, 1.807) is 0 Å². The summed E-state index contributed by atoms with van der Waals surface area (Å²) in [6.45, 7) is 14.2. The van der Waals surface area contributed by atoms with E-state index in [2.05, 4.69) is 45.0 Å². The molecule has 0 aromatic rings. The summed E-state index contributed by atoms with van der Waals surface area (Å²) in [5, 5.41) is 3.71. The Morgan fingerprint density at radius 1 is 1.05 bits per heavy atom. The zero-order valence-corrected chi connectivity index (χ0v) is 14.0. The summed E-state index contributed by atoms with van der Waals surface area (Å²) in [5.41, 5.74) is 0.556. The minimum absolute atomic E-state index is 0.556. The van der Waals surface area contributed by atoms with Crippen molar-refractivity contribution in [1.29, 1.82) is 0 Å². The van der Waals surface area contributed by atoms with Gasteiger partial charge in [-0.3, -0.25) is 0 Å². The highest BCUT2D eigenvalue weighted by atomic mass is 15.1. The zero-order chi connectivity index (χ0) is 14.3. The van der Waals surface area contributed by atoms with Crippen molar-refractivity contribution in [2.75, 3.05) is 33.2 Å². The summed E-state index contributed by atoms with van der Waals surface area (Å²) >= 11 is 0. The van der Waals surface area contributed by atoms with E-state index >= 15 is 0 Å². The molecule has 0 saturated heterocycles. The molecule has 0 heterocycles. The van der Waals surface area contributed by atoms with Gasteiger partial charge in [-0.25, -0.2) is 0 Å². The van der Waals surface area contributed by atoms with Gasteiger partial charge in [0.25, 0.3) is 0 Å². The van der Waals surface area contributed by atoms with Crippen molar-refractivity contribution < 1.29 is 0 Å². The van der Waals surface area contributed by atoms with Crippen LogP contribution in [0.2, 0.25) is 0 Å². The van der Waals surface area contributed by atoms with Crippen molar-refractivity contribution in [2.24, 2.45) is 17.3 Å². The molecule has 1 fully saturated rings. The third-order valence-electron chi connectivity index (χ3n) is 4.41. The summed E-state index contributed by atoms with van der Waals surface area (Å²) in [4.78, 5) is 2.57. The predicted octanol–water partition coefficient (Wildman–Crippen LogP) is 3.77. The monoisotopic (exact) mass is 268 g/mol. The van der Waals surface area contributed by atoms with Gasteiger partial charge in [0.1, 0.15) is 0 Å². The molecule has 0 aromatic carbocycles. The van der Waals surface area contributed by atoms with E-state index in [0.717, 1.165) is 18.4 Å². The van der Waals surface area contributed by atoms with Crippen molar-refractivity contribution in [1.82, 2.24) is 10.2 Å². The molecule has 0 aromatic heterocycles. The number of rotatable bonds is 9. The zero-order valence-electron chi connectivity index (χ0n) is 14.0. The molecule has 1 aliphatic carbocycles. The fraction of sp³-hybridized carbons (Fsp3) is 1.00. The van der Waals surface area contributed by atoms with Crippen LogP contribution in [0.4, 0.5) is 0 Å². The van der Waals surface area contributed by atoms with E-state index in [0.29, 0.717) is 5.41 Å². The predicted molar refractivity (Wildman–Crippen MR) is 85.6 cm³/mol. The molecular formula is C17H36N2. The molecule has 1 N–H and O–H groups in total. The average molecular weight is 268 g/mol. The Morgan fingerprint density at radius 3 is 2.21 bits per heavy atom. The molecule has 1 saturated carbocycles. The van der Waals surface area contributed by atoms with Gasteiger partial charge in [0, 0.05) is 13.1 Å². The molecule has 0 unspecified atom stereocenters. The van der Waals surface area contributed by atoms with Crippen molar-refractivity contribution >= 4 is 0 Å². The largest absolute Gasteiger partial charge is 0.316 e. The minimum Gasteiger partial charge on any atom is -0.316 e. The lowest BCUT2D eigenvalue weighted by atomic mass is 9.85. The standard InChI is InChI=1S/C17H36N2/c1-15(2)8-11-19(5)14-17(9-6-7-10-17)13-18-12-16(3)4/h15-16,18H,6-14H2,1-5H3. The Morgan fingerprint density at radius 2 is 1.68 bits per heavy atom. The van der Waals surface area contributed by atoms with Crippen LogP contribution in [-0.4, -0.2) is 38.1 Å². The van der Waals surface area contributed by atoms with Crippen molar-refractivity contribution in [3.63, 3.8) is 0 Å². The fourth-order valence-corrected chi connectivity index (χ4v) is 3.27. The van der Waals surface area contributed by atoms with Crippen LogP contribution in [0.1, 0.15) is 59.8 Å². The molecule has 19 heavy (non-hydrogen) atoms. The van der Waals surface area contributed by atoms with Crippen LogP contribution in [0.3, 0.4) is 0 Å². The molecule has 1 rings (SSSR count). The van der Waals surface area contributed by atoms with Crippen molar-refractivity contribution in [3.05, 3.63) is 0 Å². The van der Waals surface area contributed by atoms with Gasteiger partial charge in [0.2, 0.25) is 0 Å². The summed E-state index contributed by atoms with van der Waals surface area (Å²) in [5.74, 6) is 1.58. The first-order chi connectivity index (χ1) is 8.93. The maximum Gasteiger partial charge on any atom is 0.00471 e. The molecule has 0 amide bonds. The van der Waals surface area contributed by atoms with Crippen LogP contribution >= 0.6 is 0 Å². The van der Waals surface area contributed by atoms with Gasteiger partial charge in [0.05, 0.1) is 0 Å². The Hall–Kier alpha value is -0.0800. The molecule has 2 nitrogen and oxygen atoms in total. The average Bonchev–Trinajstić information content (AvgIpc) is 2.74. The molecule has 0 bridgehead atoms. The van der Waals surface area contributed by atoms with Crippen LogP contribution in [-0.2, 0) is 0 Å². The lowest BCUT2D eigenvalue weighted by molar-refractivity contribution is 0.166. The molecular weight excluding hydrogens is 232 g/mol. The van der Waals surface area contributed by atoms with Crippen LogP contribution in [0.25, 0.3) is 0 Å². The van der Waals surface area contributed by atoms with E-state index in [-0.39, 0.29) is 0 Å². The molecule has 0 atom stereocenters. The van der Waals surface area contributed by atoms with E-state index in [1.807, 2.05) is 0 Å². The van der Waals surface area contributed by atoms with Gasteiger partial charge in [0.15, 0.2) is 0 Å². The first-order valence-electron chi connectivity index (χ1n) is 8.33. The Kier molecular flexibility index (Phi) is 7.38. The molecule has 0 aliphatic heterocycles. The second-order valence-electron chi connectivity index (χ2n) is 7.65. The highest BCUT2D eigenvalue weighted by Gasteiger charge is 2.34. The molecule has 0 radical (unpaired) electrons. The SMILES string of the molecule is CC(C)CCN(C)CC1(CNCC(C)C)CCCC1. The minimum atomic E-state index is 0.556. The van der Waals surface area contributed by atoms with Crippen LogP contribution in [0, 0.1) is 17.3 Å². The quantitative estimate of drug-likeness (QED) is 0.685. The van der Waals surface area contributed by atoms with E-state index in [1.165, 1.54) is 51.7 Å². The van der Waals surface area contributed by atoms with Gasteiger partial charge in [-0.05, 0) is 56.7 Å². The maximum atomic E-state index is 3.71. The van der Waals surface area contributed by atoms with E-state index < -0.39 is 0 Å². The second kappa shape index (κ2) is 8.26. The Labute approximate surface area is 121 Å². The number of hydrogen-bond donors (Lipinski definition) is 1. The first kappa shape index (κ1) is 17.0. The summed E-state index contributed by atoms with van der Waals surface area (Å²) in [6, 6.07) is 0. The first-order valence-corrected chi connectivity index (χ1v) is 8.33. The number of nitrogens with one attached hydrogen (secondary N) is 1. The Bertz CT molecular complexity index is 229. The molecule has 2 heteroatoms. The Balaban J connectivity index is 2.38. The van der Waals surface area contributed by atoms with Crippen LogP contribution in [0.15, 0.2) is 0 Å². The van der Waals surface area contributed by atoms with Gasteiger partial charge < -0.3 is 10.2 Å². The summed E-state index contributed by atoms with van der Waals surface area (Å²) in [6.07, 6.45) is 7.03.